The average Bonchev–Trinajstić information content (AvgIpc) is 3.11. The van der Waals surface area contributed by atoms with E-state index in [0.29, 0.717) is 25.9 Å². The highest BCUT2D eigenvalue weighted by atomic mass is 16.2. The van der Waals surface area contributed by atoms with Crippen molar-refractivity contribution in [1.29, 1.82) is 0 Å². The Balaban J connectivity index is -0.000000357. The third-order valence-electron chi connectivity index (χ3n) is 7.17. The summed E-state index contributed by atoms with van der Waals surface area (Å²) < 4.78 is 0. The predicted octanol–water partition coefficient (Wildman–Crippen LogP) is 11.1. The van der Waals surface area contributed by atoms with Gasteiger partial charge in [-0.2, -0.15) is 0 Å². The first kappa shape index (κ1) is 58.7. The van der Waals surface area contributed by atoms with Crippen LogP contribution >= 0.6 is 0 Å². The maximum atomic E-state index is 12.1. The van der Waals surface area contributed by atoms with Crippen LogP contribution in [0.4, 0.5) is 0 Å². The second-order valence-electron chi connectivity index (χ2n) is 11.4. The van der Waals surface area contributed by atoms with Crippen LogP contribution in [0.5, 0.6) is 0 Å². The Kier molecular flexibility index (Phi) is 70.7. The van der Waals surface area contributed by atoms with Crippen LogP contribution in [-0.2, 0) is 14.4 Å². The summed E-state index contributed by atoms with van der Waals surface area (Å²) in [6, 6.07) is -0.614. The van der Waals surface area contributed by atoms with E-state index in [9.17, 15) is 14.4 Å². The van der Waals surface area contributed by atoms with Crippen LogP contribution in [0.1, 0.15) is 218 Å². The molecule has 48 heavy (non-hydrogen) atoms. The lowest BCUT2D eigenvalue weighted by Crippen LogP contribution is -2.41. The molecule has 0 aliphatic rings. The van der Waals surface area contributed by atoms with Crippen molar-refractivity contribution in [3.05, 3.63) is 0 Å². The number of carbonyl (C=O) groups excluding carboxylic acids is 3. The van der Waals surface area contributed by atoms with Gasteiger partial charge in [-0.15, -0.1) is 0 Å². The van der Waals surface area contributed by atoms with Crippen molar-refractivity contribution in [3.8, 4) is 0 Å². The van der Waals surface area contributed by atoms with Crippen molar-refractivity contribution in [1.82, 2.24) is 16.0 Å². The Morgan fingerprint density at radius 2 is 0.917 bits per heavy atom. The van der Waals surface area contributed by atoms with Gasteiger partial charge in [0.25, 0.3) is 0 Å². The predicted molar refractivity (Wildman–Crippen MR) is 217 cm³/mol. The monoisotopic (exact) mass is 689 g/mol. The van der Waals surface area contributed by atoms with Crippen molar-refractivity contribution in [3.63, 3.8) is 0 Å². The molecule has 0 saturated heterocycles. The number of hydrogen-bond acceptors (Lipinski definition) is 5. The minimum atomic E-state index is -0.510. The molecular formula is C41H92N4O3. The third-order valence-corrected chi connectivity index (χ3v) is 7.17. The lowest BCUT2D eigenvalue weighted by atomic mass is 10.0. The number of nitrogens with two attached hydrogens (primary N) is 1. The van der Waals surface area contributed by atoms with Crippen molar-refractivity contribution >= 4 is 17.6 Å². The van der Waals surface area contributed by atoms with Crippen molar-refractivity contribution < 1.29 is 14.4 Å². The second kappa shape index (κ2) is 57.8. The minimum Gasteiger partial charge on any atom is -0.356 e. The van der Waals surface area contributed by atoms with Gasteiger partial charge in [0.2, 0.25) is 11.8 Å². The fourth-order valence-corrected chi connectivity index (χ4v) is 4.61. The summed E-state index contributed by atoms with van der Waals surface area (Å²) in [6.07, 6.45) is 23.6. The zero-order valence-electron chi connectivity index (χ0n) is 35.2. The van der Waals surface area contributed by atoms with Gasteiger partial charge in [-0.1, -0.05) is 160 Å². The number of carbonyl (C=O) groups is 3. The molecule has 0 aromatic heterocycles. The Labute approximate surface area is 303 Å². The average molecular weight is 689 g/mol. The molecule has 0 aliphatic carbocycles. The van der Waals surface area contributed by atoms with Crippen LogP contribution in [-0.4, -0.2) is 49.8 Å². The lowest BCUT2D eigenvalue weighted by Gasteiger charge is -2.14. The van der Waals surface area contributed by atoms with Gasteiger partial charge in [0, 0.05) is 19.5 Å². The van der Waals surface area contributed by atoms with E-state index in [2.05, 4.69) is 36.7 Å². The standard InChI is InChI=1S/C30H60N4O3.C3H8.4C2H6/c1-4-5-6-7-8-9-10-11-12-13-14-15-16-23-29(36)33-24-19-17-21-27(31)30(37)34-25-20-18-22-28(32-3)26(2)35;1-3-2;4*1-2/h27-28,32H,4-25,31H2,1-3H3,(H,33,36)(H,34,37);3H2,1-2H3;4*1-2H3. The fourth-order valence-electron chi connectivity index (χ4n) is 4.61. The molecule has 2 atom stereocenters. The SMILES string of the molecule is CC.CC.CC.CC.CCC.CCCCCCCCCCCCCCCC(=O)NCCCCC(N)C(=O)NCCCCC(NC)C(C)=O. The summed E-state index contributed by atoms with van der Waals surface area (Å²) in [5.41, 5.74) is 5.99. The maximum absolute atomic E-state index is 12.1. The van der Waals surface area contributed by atoms with Gasteiger partial charge in [-0.05, 0) is 58.9 Å². The summed E-state index contributed by atoms with van der Waals surface area (Å²) in [5, 5.41) is 8.88. The van der Waals surface area contributed by atoms with Crippen molar-refractivity contribution in [2.75, 3.05) is 20.1 Å². The molecule has 0 radical (unpaired) electrons. The van der Waals surface area contributed by atoms with E-state index in [0.717, 1.165) is 44.9 Å². The van der Waals surface area contributed by atoms with E-state index < -0.39 is 6.04 Å². The Morgan fingerprint density at radius 3 is 1.31 bits per heavy atom. The number of ketones is 1. The Morgan fingerprint density at radius 1 is 0.542 bits per heavy atom. The summed E-state index contributed by atoms with van der Waals surface area (Å²) in [7, 11) is 1.79. The number of rotatable bonds is 27. The van der Waals surface area contributed by atoms with Crippen molar-refractivity contribution in [2.45, 2.75) is 230 Å². The van der Waals surface area contributed by atoms with E-state index in [1.165, 1.54) is 77.0 Å². The highest BCUT2D eigenvalue weighted by Gasteiger charge is 2.13. The number of nitrogens with one attached hydrogen (secondary N) is 3. The molecule has 0 bridgehead atoms. The molecule has 0 aromatic carbocycles. The first-order valence-corrected chi connectivity index (χ1v) is 20.8. The maximum Gasteiger partial charge on any atom is 0.236 e. The molecule has 0 saturated carbocycles. The molecule has 0 fully saturated rings. The van der Waals surface area contributed by atoms with Crippen LogP contribution in [0, 0.1) is 0 Å². The van der Waals surface area contributed by atoms with Crippen LogP contribution < -0.4 is 21.7 Å². The molecule has 0 rings (SSSR count). The van der Waals surface area contributed by atoms with E-state index in [1.807, 2.05) is 55.4 Å². The van der Waals surface area contributed by atoms with E-state index in [4.69, 9.17) is 5.73 Å². The number of likely N-dealkylation sites (N-methyl/N-ethyl adjacent to an activating group) is 1. The Bertz CT molecular complexity index is 588. The quantitative estimate of drug-likeness (QED) is 0.0641. The van der Waals surface area contributed by atoms with Crippen LogP contribution in [0.15, 0.2) is 0 Å². The zero-order valence-corrected chi connectivity index (χ0v) is 35.2. The molecule has 7 nitrogen and oxygen atoms in total. The molecule has 7 heteroatoms. The van der Waals surface area contributed by atoms with E-state index in [-0.39, 0.29) is 23.6 Å². The minimum absolute atomic E-state index is 0.104. The molecule has 0 spiro atoms. The third kappa shape index (κ3) is 54.0. The van der Waals surface area contributed by atoms with Gasteiger partial charge in [0.05, 0.1) is 12.1 Å². The summed E-state index contributed by atoms with van der Waals surface area (Å²) in [5.74, 6) is 0.155. The van der Waals surface area contributed by atoms with Gasteiger partial charge < -0.3 is 21.7 Å². The number of Topliss-reactive ketones (excluding diaryl/α,β-unsaturated/α-hetero) is 1. The fraction of sp³-hybridized carbons (Fsp3) is 0.927. The van der Waals surface area contributed by atoms with Crippen LogP contribution in [0.2, 0.25) is 0 Å². The summed E-state index contributed by atoms with van der Waals surface area (Å²) in [6.45, 7) is 25.3. The Hall–Kier alpha value is -1.47. The van der Waals surface area contributed by atoms with Gasteiger partial charge >= 0.3 is 0 Å². The molecule has 0 aromatic rings. The normalized spacial score (nSPS) is 10.7. The van der Waals surface area contributed by atoms with Gasteiger partial charge in [0.15, 0.2) is 0 Å². The summed E-state index contributed by atoms with van der Waals surface area (Å²) >= 11 is 0. The van der Waals surface area contributed by atoms with Gasteiger partial charge in [0.1, 0.15) is 5.78 Å². The number of hydrogen-bond donors (Lipinski definition) is 4. The van der Waals surface area contributed by atoms with Crippen LogP contribution in [0.3, 0.4) is 0 Å². The molecular weight excluding hydrogens is 596 g/mol. The highest BCUT2D eigenvalue weighted by molar-refractivity contribution is 5.81. The lowest BCUT2D eigenvalue weighted by molar-refractivity contribution is -0.123. The molecule has 2 amide bonds. The molecule has 5 N–H and O–H groups in total. The molecule has 2 unspecified atom stereocenters. The van der Waals surface area contributed by atoms with Crippen molar-refractivity contribution in [2.24, 2.45) is 5.73 Å². The summed E-state index contributed by atoms with van der Waals surface area (Å²) in [4.78, 5) is 35.5. The van der Waals surface area contributed by atoms with E-state index >= 15 is 0 Å². The topological polar surface area (TPSA) is 113 Å². The number of amides is 2. The first-order valence-electron chi connectivity index (χ1n) is 20.8. The smallest absolute Gasteiger partial charge is 0.236 e. The zero-order chi connectivity index (χ0) is 38.3. The van der Waals surface area contributed by atoms with Gasteiger partial charge in [-0.25, -0.2) is 0 Å². The molecule has 0 aliphatic heterocycles. The molecule has 0 heterocycles. The number of unbranched alkanes of at least 4 members (excludes halogenated alkanes) is 14. The largest absolute Gasteiger partial charge is 0.356 e. The second-order valence-corrected chi connectivity index (χ2v) is 11.4. The molecule has 294 valence electrons. The highest BCUT2D eigenvalue weighted by Crippen LogP contribution is 2.13. The van der Waals surface area contributed by atoms with Gasteiger partial charge in [-0.3, -0.25) is 14.4 Å². The first-order chi connectivity index (χ1) is 23.3. The van der Waals surface area contributed by atoms with Crippen LogP contribution in [0.25, 0.3) is 0 Å². The van der Waals surface area contributed by atoms with E-state index in [1.54, 1.807) is 14.0 Å².